The van der Waals surface area contributed by atoms with Gasteiger partial charge in [-0.25, -0.2) is 4.79 Å². The highest BCUT2D eigenvalue weighted by molar-refractivity contribution is 5.90. The van der Waals surface area contributed by atoms with Crippen LogP contribution >= 0.6 is 0 Å². The summed E-state index contributed by atoms with van der Waals surface area (Å²) in [6.07, 6.45) is 1.31. The molecule has 1 aromatic carbocycles. The first-order chi connectivity index (χ1) is 9.08. The minimum atomic E-state index is -1.06. The summed E-state index contributed by atoms with van der Waals surface area (Å²) in [7, 11) is 1.82. The van der Waals surface area contributed by atoms with Gasteiger partial charge < -0.3 is 15.7 Å². The maximum atomic E-state index is 11.2. The zero-order valence-corrected chi connectivity index (χ0v) is 10.8. The van der Waals surface area contributed by atoms with E-state index in [0.29, 0.717) is 6.54 Å². The van der Waals surface area contributed by atoms with Crippen LogP contribution in [0.3, 0.4) is 0 Å². The molecule has 0 aliphatic rings. The lowest BCUT2D eigenvalue weighted by atomic mass is 10.00. The quantitative estimate of drug-likeness (QED) is 0.632. The topological polar surface area (TPSA) is 78.4 Å². The Labute approximate surface area is 112 Å². The van der Waals surface area contributed by atoms with Crippen LogP contribution < -0.4 is 10.6 Å². The summed E-state index contributed by atoms with van der Waals surface area (Å²) in [6.45, 7) is 3.96. The van der Waals surface area contributed by atoms with Gasteiger partial charge in [-0.3, -0.25) is 4.79 Å². The predicted molar refractivity (Wildman–Crippen MR) is 72.7 cm³/mol. The third-order valence-corrected chi connectivity index (χ3v) is 2.71. The molecule has 19 heavy (non-hydrogen) atoms. The van der Waals surface area contributed by atoms with E-state index in [-0.39, 0.29) is 6.42 Å². The first-order valence-electron chi connectivity index (χ1n) is 5.95. The first-order valence-corrected chi connectivity index (χ1v) is 5.95. The number of carbonyl (C=O) groups is 2. The van der Waals surface area contributed by atoms with Crippen molar-refractivity contribution in [1.82, 2.24) is 10.6 Å². The molecule has 0 saturated carbocycles. The van der Waals surface area contributed by atoms with Crippen LogP contribution in [-0.2, 0) is 22.6 Å². The predicted octanol–water partition coefficient (Wildman–Crippen LogP) is 0.704. The van der Waals surface area contributed by atoms with Crippen LogP contribution in [0.1, 0.15) is 11.1 Å². The average Bonchev–Trinajstić information content (AvgIpc) is 2.40. The van der Waals surface area contributed by atoms with Crippen molar-refractivity contribution in [3.05, 3.63) is 48.0 Å². The second kappa shape index (κ2) is 7.33. The number of carbonyl (C=O) groups excluding carboxylic acids is 1. The number of aliphatic carboxylic acids is 1. The highest BCUT2D eigenvalue weighted by Crippen LogP contribution is 2.11. The molecule has 0 aliphatic heterocycles. The zero-order chi connectivity index (χ0) is 14.3. The van der Waals surface area contributed by atoms with Crippen LogP contribution in [0.2, 0.25) is 0 Å². The SMILES string of the molecule is C=CC(=O)N[C@@H](Cc1ccccc1CNC)C(=O)O. The summed E-state index contributed by atoms with van der Waals surface area (Å²) in [5.74, 6) is -1.55. The summed E-state index contributed by atoms with van der Waals surface area (Å²) in [6, 6.07) is 6.59. The summed E-state index contributed by atoms with van der Waals surface area (Å²) in [4.78, 5) is 22.4. The molecule has 0 bridgehead atoms. The number of amides is 1. The molecule has 102 valence electrons. The fourth-order valence-corrected chi connectivity index (χ4v) is 1.77. The molecule has 0 fully saturated rings. The van der Waals surface area contributed by atoms with Crippen molar-refractivity contribution in [3.8, 4) is 0 Å². The van der Waals surface area contributed by atoms with E-state index in [9.17, 15) is 9.59 Å². The Morgan fingerprint density at radius 3 is 2.53 bits per heavy atom. The van der Waals surface area contributed by atoms with Crippen LogP contribution in [0.4, 0.5) is 0 Å². The van der Waals surface area contributed by atoms with E-state index < -0.39 is 17.9 Å². The van der Waals surface area contributed by atoms with Gasteiger partial charge in [0.05, 0.1) is 0 Å². The Morgan fingerprint density at radius 2 is 2.00 bits per heavy atom. The molecule has 0 unspecified atom stereocenters. The van der Waals surface area contributed by atoms with Gasteiger partial charge in [-0.15, -0.1) is 0 Å². The van der Waals surface area contributed by atoms with Gasteiger partial charge in [0.15, 0.2) is 0 Å². The van der Waals surface area contributed by atoms with Crippen molar-refractivity contribution in [3.63, 3.8) is 0 Å². The van der Waals surface area contributed by atoms with Gasteiger partial charge >= 0.3 is 5.97 Å². The molecule has 1 atom stereocenters. The third kappa shape index (κ3) is 4.56. The summed E-state index contributed by atoms with van der Waals surface area (Å²) in [5.41, 5.74) is 1.91. The van der Waals surface area contributed by atoms with Crippen molar-refractivity contribution < 1.29 is 14.7 Å². The molecule has 0 saturated heterocycles. The Bertz CT molecular complexity index is 472. The summed E-state index contributed by atoms with van der Waals surface area (Å²) < 4.78 is 0. The van der Waals surface area contributed by atoms with Crippen molar-refractivity contribution in [2.75, 3.05) is 7.05 Å². The highest BCUT2D eigenvalue weighted by Gasteiger charge is 2.20. The molecule has 0 radical (unpaired) electrons. The fourth-order valence-electron chi connectivity index (χ4n) is 1.77. The molecule has 1 aromatic rings. The molecule has 1 amide bonds. The van der Waals surface area contributed by atoms with E-state index in [1.807, 2.05) is 31.3 Å². The number of nitrogens with one attached hydrogen (secondary N) is 2. The van der Waals surface area contributed by atoms with E-state index in [0.717, 1.165) is 17.2 Å². The van der Waals surface area contributed by atoms with Crippen LogP contribution in [0, 0.1) is 0 Å². The summed E-state index contributed by atoms with van der Waals surface area (Å²) >= 11 is 0. The molecule has 1 rings (SSSR count). The molecular weight excluding hydrogens is 244 g/mol. The third-order valence-electron chi connectivity index (χ3n) is 2.71. The van der Waals surface area contributed by atoms with Crippen molar-refractivity contribution in [2.24, 2.45) is 0 Å². The Morgan fingerprint density at radius 1 is 1.37 bits per heavy atom. The Hall–Kier alpha value is -2.14. The number of rotatable bonds is 7. The van der Waals surface area contributed by atoms with E-state index in [1.165, 1.54) is 0 Å². The minimum Gasteiger partial charge on any atom is -0.480 e. The molecule has 5 heteroatoms. The largest absolute Gasteiger partial charge is 0.480 e. The standard InChI is InChI=1S/C14H18N2O3/c1-3-13(17)16-12(14(18)19)8-10-6-4-5-7-11(10)9-15-2/h3-7,12,15H,1,8-9H2,2H3,(H,16,17)(H,18,19)/t12-/m0/s1. The number of hydrogen-bond donors (Lipinski definition) is 3. The molecule has 0 aromatic heterocycles. The van der Waals surface area contributed by atoms with Crippen LogP contribution in [0.25, 0.3) is 0 Å². The fraction of sp³-hybridized carbons (Fsp3) is 0.286. The van der Waals surface area contributed by atoms with Crippen LogP contribution in [0.15, 0.2) is 36.9 Å². The van der Waals surface area contributed by atoms with E-state index >= 15 is 0 Å². The minimum absolute atomic E-state index is 0.243. The second-order valence-corrected chi connectivity index (χ2v) is 4.11. The van der Waals surface area contributed by atoms with E-state index in [1.54, 1.807) is 0 Å². The monoisotopic (exact) mass is 262 g/mol. The van der Waals surface area contributed by atoms with Crippen molar-refractivity contribution >= 4 is 11.9 Å². The molecular formula is C14H18N2O3. The maximum absolute atomic E-state index is 11.2. The molecule has 0 aliphatic carbocycles. The number of carboxylic acid groups (broad SMARTS) is 1. The highest BCUT2D eigenvalue weighted by atomic mass is 16.4. The van der Waals surface area contributed by atoms with Gasteiger partial charge in [-0.1, -0.05) is 30.8 Å². The van der Waals surface area contributed by atoms with Gasteiger partial charge in [-0.05, 0) is 24.3 Å². The van der Waals surface area contributed by atoms with Gasteiger partial charge in [0, 0.05) is 13.0 Å². The number of hydrogen-bond acceptors (Lipinski definition) is 3. The van der Waals surface area contributed by atoms with Gasteiger partial charge in [0.2, 0.25) is 5.91 Å². The lowest BCUT2D eigenvalue weighted by molar-refractivity contribution is -0.141. The van der Waals surface area contributed by atoms with Crippen molar-refractivity contribution in [1.29, 1.82) is 0 Å². The van der Waals surface area contributed by atoms with Crippen LogP contribution in [0.5, 0.6) is 0 Å². The van der Waals surface area contributed by atoms with Crippen molar-refractivity contribution in [2.45, 2.75) is 19.0 Å². The van der Waals surface area contributed by atoms with E-state index in [2.05, 4.69) is 17.2 Å². The lowest BCUT2D eigenvalue weighted by Crippen LogP contribution is -2.41. The Kier molecular flexibility index (Phi) is 5.75. The first kappa shape index (κ1) is 14.9. The van der Waals surface area contributed by atoms with E-state index in [4.69, 9.17) is 5.11 Å². The molecule has 3 N–H and O–H groups in total. The second-order valence-electron chi connectivity index (χ2n) is 4.11. The zero-order valence-electron chi connectivity index (χ0n) is 10.8. The Balaban J connectivity index is 2.87. The van der Waals surface area contributed by atoms with Gasteiger partial charge in [0.25, 0.3) is 0 Å². The summed E-state index contributed by atoms with van der Waals surface area (Å²) in [5, 5.41) is 14.6. The normalized spacial score (nSPS) is 11.6. The number of benzene rings is 1. The maximum Gasteiger partial charge on any atom is 0.326 e. The lowest BCUT2D eigenvalue weighted by Gasteiger charge is -2.16. The molecule has 0 spiro atoms. The van der Waals surface area contributed by atoms with Crippen LogP contribution in [-0.4, -0.2) is 30.1 Å². The average molecular weight is 262 g/mol. The smallest absolute Gasteiger partial charge is 0.326 e. The molecule has 5 nitrogen and oxygen atoms in total. The molecule has 0 heterocycles. The van der Waals surface area contributed by atoms with Gasteiger partial charge in [0.1, 0.15) is 6.04 Å². The number of carboxylic acids is 1. The van der Waals surface area contributed by atoms with Gasteiger partial charge in [-0.2, -0.15) is 0 Å².